The second-order valence-electron chi connectivity index (χ2n) is 8.54. The van der Waals surface area contributed by atoms with Crippen molar-refractivity contribution in [2.24, 2.45) is 7.05 Å². The summed E-state index contributed by atoms with van der Waals surface area (Å²) in [7, 11) is 4.30. The molecule has 1 aromatic carbocycles. The van der Waals surface area contributed by atoms with E-state index >= 15 is 0 Å². The first-order valence-corrected chi connectivity index (χ1v) is 10.7. The molecule has 0 radical (unpaired) electrons. The molecule has 1 aliphatic heterocycles. The van der Waals surface area contributed by atoms with Gasteiger partial charge in [0.25, 0.3) is 0 Å². The highest BCUT2D eigenvalue weighted by molar-refractivity contribution is 5.83. The molecule has 5 rings (SSSR count). The lowest BCUT2D eigenvalue weighted by Crippen LogP contribution is -2.45. The van der Waals surface area contributed by atoms with E-state index < -0.39 is 0 Å². The van der Waals surface area contributed by atoms with E-state index in [1.165, 1.54) is 27.7 Å². The minimum Gasteiger partial charge on any atom is -0.350 e. The molecule has 1 fully saturated rings. The number of piperazine rings is 1. The highest BCUT2D eigenvalue weighted by Crippen LogP contribution is 2.24. The summed E-state index contributed by atoms with van der Waals surface area (Å²) < 4.78 is 2.22. The molecule has 0 bridgehead atoms. The maximum absolute atomic E-state index is 4.92. The van der Waals surface area contributed by atoms with Gasteiger partial charge in [0.05, 0.1) is 0 Å². The molecular weight excluding hydrogens is 360 g/mol. The summed E-state index contributed by atoms with van der Waals surface area (Å²) in [5.74, 6) is 0.916. The van der Waals surface area contributed by atoms with E-state index in [9.17, 15) is 0 Å². The number of aromatic nitrogens is 3. The van der Waals surface area contributed by atoms with Crippen LogP contribution in [0, 0.1) is 0 Å². The van der Waals surface area contributed by atoms with Crippen LogP contribution in [0.5, 0.6) is 0 Å². The first-order chi connectivity index (χ1) is 14.2. The van der Waals surface area contributed by atoms with E-state index in [1.807, 2.05) is 0 Å². The van der Waals surface area contributed by atoms with Crippen LogP contribution in [0.25, 0.3) is 10.9 Å². The summed E-state index contributed by atoms with van der Waals surface area (Å²) >= 11 is 0. The van der Waals surface area contributed by atoms with E-state index in [0.717, 1.165) is 57.9 Å². The number of likely N-dealkylation sites (N-methyl/N-ethyl adjacent to an activating group) is 1. The third-order valence-corrected chi connectivity index (χ3v) is 6.48. The number of rotatable bonds is 4. The summed E-state index contributed by atoms with van der Waals surface area (Å²) in [6.07, 6.45) is 7.51. The van der Waals surface area contributed by atoms with Gasteiger partial charge in [-0.15, -0.1) is 0 Å². The van der Waals surface area contributed by atoms with Gasteiger partial charge in [0.15, 0.2) is 0 Å². The summed E-state index contributed by atoms with van der Waals surface area (Å²) in [5, 5.41) is 5.13. The standard InChI is InChI=1S/C23H30N6/c1-27-9-11-29(12-10-27)23-25-14-17-13-19(7-8-21(17)26-23)24-15-18-16-28(2)22-6-4-3-5-20(18)22/h3-6,14,16,19,24H,7-13,15H2,1-2H3/t19-/m0/s1. The Morgan fingerprint density at radius 1 is 1.10 bits per heavy atom. The first-order valence-electron chi connectivity index (χ1n) is 10.7. The van der Waals surface area contributed by atoms with Crippen molar-refractivity contribution in [2.75, 3.05) is 38.1 Å². The SMILES string of the molecule is CN1CCN(c2ncc3c(n2)CC[C@H](NCc2cn(C)c4ccccc24)C3)CC1. The molecule has 2 aliphatic rings. The molecule has 0 amide bonds. The lowest BCUT2D eigenvalue weighted by molar-refractivity contribution is 0.311. The van der Waals surface area contributed by atoms with Gasteiger partial charge in [0.2, 0.25) is 5.95 Å². The number of nitrogens with one attached hydrogen (secondary N) is 1. The fourth-order valence-electron chi connectivity index (χ4n) is 4.65. The summed E-state index contributed by atoms with van der Waals surface area (Å²) in [6.45, 7) is 5.11. The molecule has 1 aliphatic carbocycles. The van der Waals surface area contributed by atoms with Crippen LogP contribution in [0.15, 0.2) is 36.7 Å². The maximum Gasteiger partial charge on any atom is 0.225 e. The molecule has 3 aromatic rings. The summed E-state index contributed by atoms with van der Waals surface area (Å²) in [6, 6.07) is 9.12. The van der Waals surface area contributed by atoms with Crippen LogP contribution in [0.3, 0.4) is 0 Å². The number of fused-ring (bicyclic) bond motifs is 2. The number of aryl methyl sites for hydroxylation is 2. The number of anilines is 1. The van der Waals surface area contributed by atoms with Gasteiger partial charge in [0.1, 0.15) is 0 Å². The van der Waals surface area contributed by atoms with Gasteiger partial charge in [-0.2, -0.15) is 0 Å². The highest BCUT2D eigenvalue weighted by atomic mass is 15.3. The van der Waals surface area contributed by atoms with Crippen LogP contribution in [-0.2, 0) is 26.4 Å². The van der Waals surface area contributed by atoms with E-state index in [0.29, 0.717) is 6.04 Å². The number of para-hydroxylation sites is 1. The fraction of sp³-hybridized carbons (Fsp3) is 0.478. The molecule has 0 unspecified atom stereocenters. The van der Waals surface area contributed by atoms with Gasteiger partial charge in [-0.3, -0.25) is 0 Å². The Labute approximate surface area is 172 Å². The van der Waals surface area contributed by atoms with Crippen molar-refractivity contribution in [1.29, 1.82) is 0 Å². The number of benzene rings is 1. The molecule has 1 atom stereocenters. The van der Waals surface area contributed by atoms with Crippen LogP contribution in [-0.4, -0.2) is 58.7 Å². The topological polar surface area (TPSA) is 49.2 Å². The quantitative estimate of drug-likeness (QED) is 0.741. The summed E-state index contributed by atoms with van der Waals surface area (Å²) in [5.41, 5.74) is 5.22. The molecule has 2 aromatic heterocycles. The third-order valence-electron chi connectivity index (χ3n) is 6.48. The van der Waals surface area contributed by atoms with Crippen molar-refractivity contribution in [2.45, 2.75) is 31.8 Å². The second-order valence-corrected chi connectivity index (χ2v) is 8.54. The predicted molar refractivity (Wildman–Crippen MR) is 117 cm³/mol. The number of hydrogen-bond donors (Lipinski definition) is 1. The van der Waals surface area contributed by atoms with Crippen molar-refractivity contribution in [3.05, 3.63) is 53.5 Å². The molecule has 6 heteroatoms. The van der Waals surface area contributed by atoms with Gasteiger partial charge < -0.3 is 19.7 Å². The third kappa shape index (κ3) is 3.74. The average Bonchev–Trinajstić information content (AvgIpc) is 3.08. The molecule has 1 N–H and O–H groups in total. The monoisotopic (exact) mass is 390 g/mol. The largest absolute Gasteiger partial charge is 0.350 e. The average molecular weight is 391 g/mol. The fourth-order valence-corrected chi connectivity index (χ4v) is 4.65. The molecule has 3 heterocycles. The Balaban J connectivity index is 1.24. The summed E-state index contributed by atoms with van der Waals surface area (Å²) in [4.78, 5) is 14.3. The Hall–Kier alpha value is -2.44. The molecule has 6 nitrogen and oxygen atoms in total. The molecule has 29 heavy (non-hydrogen) atoms. The number of hydrogen-bond acceptors (Lipinski definition) is 5. The lowest BCUT2D eigenvalue weighted by Gasteiger charge is -2.33. The van der Waals surface area contributed by atoms with E-state index in [-0.39, 0.29) is 0 Å². The minimum atomic E-state index is 0.486. The van der Waals surface area contributed by atoms with Crippen LogP contribution >= 0.6 is 0 Å². The Morgan fingerprint density at radius 3 is 2.79 bits per heavy atom. The van der Waals surface area contributed by atoms with Crippen molar-refractivity contribution >= 4 is 16.9 Å². The zero-order chi connectivity index (χ0) is 19.8. The van der Waals surface area contributed by atoms with E-state index in [4.69, 9.17) is 9.97 Å². The normalized spacial score (nSPS) is 20.2. The van der Waals surface area contributed by atoms with Crippen LogP contribution in [0.2, 0.25) is 0 Å². The molecule has 0 saturated carbocycles. The maximum atomic E-state index is 4.92. The van der Waals surface area contributed by atoms with Gasteiger partial charge in [-0.25, -0.2) is 9.97 Å². The van der Waals surface area contributed by atoms with Crippen molar-refractivity contribution in [3.63, 3.8) is 0 Å². The zero-order valence-corrected chi connectivity index (χ0v) is 17.4. The van der Waals surface area contributed by atoms with Gasteiger partial charge >= 0.3 is 0 Å². The van der Waals surface area contributed by atoms with E-state index in [2.05, 4.69) is 70.4 Å². The minimum absolute atomic E-state index is 0.486. The molecule has 152 valence electrons. The Kier molecular flexibility index (Phi) is 4.97. The van der Waals surface area contributed by atoms with Crippen LogP contribution < -0.4 is 10.2 Å². The zero-order valence-electron chi connectivity index (χ0n) is 17.4. The molecular formula is C23H30N6. The van der Waals surface area contributed by atoms with Crippen LogP contribution in [0.4, 0.5) is 5.95 Å². The Morgan fingerprint density at radius 2 is 1.93 bits per heavy atom. The van der Waals surface area contributed by atoms with Gasteiger partial charge in [-0.05, 0) is 43.5 Å². The van der Waals surface area contributed by atoms with Crippen molar-refractivity contribution in [1.82, 2.24) is 24.8 Å². The van der Waals surface area contributed by atoms with Crippen molar-refractivity contribution in [3.8, 4) is 0 Å². The van der Waals surface area contributed by atoms with Crippen LogP contribution in [0.1, 0.15) is 23.2 Å². The Bertz CT molecular complexity index is 1000. The van der Waals surface area contributed by atoms with Gasteiger partial charge in [0, 0.05) is 74.8 Å². The number of nitrogens with zero attached hydrogens (tertiary/aromatic N) is 5. The van der Waals surface area contributed by atoms with E-state index in [1.54, 1.807) is 0 Å². The van der Waals surface area contributed by atoms with Gasteiger partial charge in [-0.1, -0.05) is 18.2 Å². The molecule has 1 saturated heterocycles. The van der Waals surface area contributed by atoms with Crippen molar-refractivity contribution < 1.29 is 0 Å². The smallest absolute Gasteiger partial charge is 0.225 e. The highest BCUT2D eigenvalue weighted by Gasteiger charge is 2.23. The predicted octanol–water partition coefficient (Wildman–Crippen LogP) is 2.37. The molecule has 0 spiro atoms. The second kappa shape index (κ2) is 7.76. The first kappa shape index (κ1) is 18.6. The lowest BCUT2D eigenvalue weighted by atomic mass is 9.92.